The summed E-state index contributed by atoms with van der Waals surface area (Å²) in [6, 6.07) is 12.4. The molecule has 3 heterocycles. The summed E-state index contributed by atoms with van der Waals surface area (Å²) in [4.78, 5) is 46.2. The van der Waals surface area contributed by atoms with E-state index in [4.69, 9.17) is 9.72 Å². The minimum Gasteiger partial charge on any atom is -0.493 e. The Kier molecular flexibility index (Phi) is 8.98. The number of rotatable bonds is 1. The molecule has 0 radical (unpaired) electrons. The molecule has 11 nitrogen and oxygen atoms in total. The smallest absolute Gasteiger partial charge is 0.256 e. The molecule has 1 aliphatic rings. The van der Waals surface area contributed by atoms with Crippen LogP contribution in [0.15, 0.2) is 48.7 Å². The molecule has 0 unspecified atom stereocenters. The molecular weight excluding hydrogens is 546 g/mol. The number of aromatic nitrogens is 4. The summed E-state index contributed by atoms with van der Waals surface area (Å²) in [7, 11) is 0. The van der Waals surface area contributed by atoms with Crippen LogP contribution in [0.4, 0.5) is 0 Å². The highest BCUT2D eigenvalue weighted by atomic mass is 16.5. The van der Waals surface area contributed by atoms with Crippen molar-refractivity contribution in [3.63, 3.8) is 0 Å². The minimum absolute atomic E-state index is 0.165. The molecule has 0 fully saturated rings. The molecule has 1 aliphatic heterocycles. The van der Waals surface area contributed by atoms with Crippen LogP contribution in [0.1, 0.15) is 63.0 Å². The molecule has 224 valence electrons. The number of hydrogen-bond acceptors (Lipinski definition) is 7. The normalized spacial score (nSPS) is 17.1. The third-order valence-corrected chi connectivity index (χ3v) is 7.51. The van der Waals surface area contributed by atoms with Gasteiger partial charge in [0.25, 0.3) is 11.8 Å². The van der Waals surface area contributed by atoms with E-state index >= 15 is 0 Å². The third-order valence-electron chi connectivity index (χ3n) is 7.51. The van der Waals surface area contributed by atoms with Gasteiger partial charge in [-0.25, -0.2) is 0 Å². The standard InChI is InChI=1S/C32H37N7O4/c1-20-10-11-26-28(16-20)43-15-7-14-39-19-25(36-37-39)18-38(13-6-12-33-30(40)23(4)35-31(26)41)32(42)27-17-24-9-5-8-21(2)29(24)34-22(27)3/h5,8-11,16-17,19,23H,6-7,12-15,18H2,1-4H3,(H,33,40)(H,35,41)/t23-/m1/s1. The first-order valence-electron chi connectivity index (χ1n) is 14.6. The van der Waals surface area contributed by atoms with Gasteiger partial charge in [0.1, 0.15) is 17.5 Å². The van der Waals surface area contributed by atoms with E-state index in [1.807, 2.05) is 63.4 Å². The van der Waals surface area contributed by atoms with Crippen LogP contribution in [-0.4, -0.2) is 68.3 Å². The Labute approximate surface area is 250 Å². The molecule has 1 atom stereocenters. The number of nitrogens with one attached hydrogen (secondary N) is 2. The Morgan fingerprint density at radius 1 is 1.05 bits per heavy atom. The van der Waals surface area contributed by atoms with E-state index in [0.717, 1.165) is 22.0 Å². The molecule has 0 saturated heterocycles. The van der Waals surface area contributed by atoms with Crippen molar-refractivity contribution in [2.75, 3.05) is 19.7 Å². The highest BCUT2D eigenvalue weighted by molar-refractivity contribution is 6.00. The summed E-state index contributed by atoms with van der Waals surface area (Å²) in [5.41, 5.74) is 5.09. The van der Waals surface area contributed by atoms with Crippen LogP contribution >= 0.6 is 0 Å². The van der Waals surface area contributed by atoms with Crippen LogP contribution in [0.5, 0.6) is 5.75 Å². The largest absolute Gasteiger partial charge is 0.493 e. The molecule has 0 aliphatic carbocycles. The van der Waals surface area contributed by atoms with Gasteiger partial charge in [-0.2, -0.15) is 0 Å². The van der Waals surface area contributed by atoms with Crippen molar-refractivity contribution < 1.29 is 19.1 Å². The Balaban J connectivity index is 1.38. The molecule has 0 saturated carbocycles. The second kappa shape index (κ2) is 13.0. The average Bonchev–Trinajstić information content (AvgIpc) is 3.43. The summed E-state index contributed by atoms with van der Waals surface area (Å²) in [6.45, 7) is 9.27. The van der Waals surface area contributed by atoms with Crippen LogP contribution < -0.4 is 15.4 Å². The molecule has 2 aromatic heterocycles. The van der Waals surface area contributed by atoms with E-state index in [1.54, 1.807) is 22.6 Å². The molecule has 5 rings (SSSR count). The van der Waals surface area contributed by atoms with Gasteiger partial charge >= 0.3 is 0 Å². The summed E-state index contributed by atoms with van der Waals surface area (Å²) < 4.78 is 7.71. The first-order chi connectivity index (χ1) is 20.7. The second-order valence-corrected chi connectivity index (χ2v) is 11.0. The summed E-state index contributed by atoms with van der Waals surface area (Å²) in [5, 5.41) is 15.1. The molecule has 3 amide bonds. The van der Waals surface area contributed by atoms with Crippen molar-refractivity contribution in [1.82, 2.24) is 35.5 Å². The number of amides is 3. The van der Waals surface area contributed by atoms with E-state index in [2.05, 4.69) is 20.9 Å². The number of carbonyl (C=O) groups is 3. The van der Waals surface area contributed by atoms with Crippen molar-refractivity contribution >= 4 is 28.6 Å². The van der Waals surface area contributed by atoms with Crippen molar-refractivity contribution in [3.8, 4) is 5.75 Å². The minimum atomic E-state index is -0.759. The maximum absolute atomic E-state index is 13.9. The van der Waals surface area contributed by atoms with Crippen molar-refractivity contribution in [2.45, 2.75) is 59.7 Å². The van der Waals surface area contributed by atoms with E-state index < -0.39 is 6.04 Å². The molecule has 43 heavy (non-hydrogen) atoms. The van der Waals surface area contributed by atoms with Gasteiger partial charge in [-0.3, -0.25) is 24.0 Å². The third kappa shape index (κ3) is 6.99. The zero-order valence-corrected chi connectivity index (χ0v) is 25.0. The van der Waals surface area contributed by atoms with Crippen molar-refractivity contribution in [2.24, 2.45) is 0 Å². The van der Waals surface area contributed by atoms with Crippen LogP contribution in [-0.2, 0) is 17.9 Å². The van der Waals surface area contributed by atoms with Gasteiger partial charge in [0, 0.05) is 31.4 Å². The number of fused-ring (bicyclic) bond motifs is 4. The average molecular weight is 584 g/mol. The number of pyridine rings is 1. The fourth-order valence-electron chi connectivity index (χ4n) is 5.11. The predicted molar refractivity (Wildman–Crippen MR) is 162 cm³/mol. The number of para-hydroxylation sites is 1. The van der Waals surface area contributed by atoms with Gasteiger partial charge in [0.2, 0.25) is 5.91 Å². The summed E-state index contributed by atoms with van der Waals surface area (Å²) in [6.07, 6.45) is 2.96. The van der Waals surface area contributed by atoms with Crippen molar-refractivity contribution in [1.29, 1.82) is 0 Å². The SMILES string of the molecule is Cc1ccc2c(c1)OCCCn1cc(nn1)CN(C(=O)c1cc3cccc(C)c3nc1C)CCCNC(=O)[C@@H](C)NC2=O. The number of nitrogens with zero attached hydrogens (tertiary/aromatic N) is 5. The zero-order valence-electron chi connectivity index (χ0n) is 25.0. The van der Waals surface area contributed by atoms with Gasteiger partial charge < -0.3 is 20.3 Å². The van der Waals surface area contributed by atoms with Crippen molar-refractivity contribution in [3.05, 3.63) is 82.3 Å². The molecule has 0 spiro atoms. The lowest BCUT2D eigenvalue weighted by Gasteiger charge is -2.23. The van der Waals surface area contributed by atoms with E-state index in [9.17, 15) is 14.4 Å². The van der Waals surface area contributed by atoms with E-state index in [1.165, 1.54) is 0 Å². The predicted octanol–water partition coefficient (Wildman–Crippen LogP) is 3.50. The lowest BCUT2D eigenvalue weighted by atomic mass is 10.1. The Bertz CT molecular complexity index is 1660. The van der Waals surface area contributed by atoms with Crippen LogP contribution in [0.2, 0.25) is 0 Å². The lowest BCUT2D eigenvalue weighted by Crippen LogP contribution is -2.45. The number of hydrogen-bond donors (Lipinski definition) is 2. The number of carbonyl (C=O) groups excluding carboxylic acids is 3. The first-order valence-corrected chi connectivity index (χ1v) is 14.6. The number of aryl methyl sites for hydroxylation is 4. The quantitative estimate of drug-likeness (QED) is 0.351. The molecule has 11 heteroatoms. The lowest BCUT2D eigenvalue weighted by molar-refractivity contribution is -0.122. The topological polar surface area (TPSA) is 131 Å². The van der Waals surface area contributed by atoms with E-state index in [-0.39, 0.29) is 24.3 Å². The second-order valence-electron chi connectivity index (χ2n) is 11.0. The fraction of sp³-hybridized carbons (Fsp3) is 0.375. The van der Waals surface area contributed by atoms with Crippen LogP contribution in [0, 0.1) is 20.8 Å². The molecule has 2 aromatic carbocycles. The molecule has 2 N–H and O–H groups in total. The number of benzene rings is 2. The maximum atomic E-state index is 13.9. The van der Waals surface area contributed by atoms with Gasteiger partial charge in [0.15, 0.2) is 0 Å². The summed E-state index contributed by atoms with van der Waals surface area (Å²) >= 11 is 0. The van der Waals surface area contributed by atoms with E-state index in [0.29, 0.717) is 67.3 Å². The Hall–Kier alpha value is -4.80. The van der Waals surface area contributed by atoms with Crippen LogP contribution in [0.3, 0.4) is 0 Å². The van der Waals surface area contributed by atoms with Crippen LogP contribution in [0.25, 0.3) is 10.9 Å². The zero-order chi connectivity index (χ0) is 30.5. The summed E-state index contributed by atoms with van der Waals surface area (Å²) in [5.74, 6) is -0.401. The monoisotopic (exact) mass is 583 g/mol. The Morgan fingerprint density at radius 3 is 2.72 bits per heavy atom. The number of ether oxygens (including phenoxy) is 1. The van der Waals surface area contributed by atoms with Gasteiger partial charge in [0.05, 0.1) is 41.7 Å². The molecular formula is C32H37N7O4. The van der Waals surface area contributed by atoms with Gasteiger partial charge in [-0.1, -0.05) is 29.5 Å². The molecule has 4 aromatic rings. The van der Waals surface area contributed by atoms with Gasteiger partial charge in [-0.15, -0.1) is 5.10 Å². The highest BCUT2D eigenvalue weighted by Crippen LogP contribution is 2.23. The maximum Gasteiger partial charge on any atom is 0.256 e. The fourth-order valence-corrected chi connectivity index (χ4v) is 5.11. The van der Waals surface area contributed by atoms with Gasteiger partial charge in [-0.05, 0) is 63.4 Å². The molecule has 2 bridgehead atoms. The Morgan fingerprint density at radius 2 is 1.88 bits per heavy atom. The first kappa shape index (κ1) is 29.7. The highest BCUT2D eigenvalue weighted by Gasteiger charge is 2.23.